The molecular weight excluding hydrogens is 328 g/mol. The van der Waals surface area contributed by atoms with Crippen molar-refractivity contribution in [1.82, 2.24) is 4.57 Å². The molecule has 2 rings (SSSR count). The molecule has 0 aliphatic carbocycles. The molecule has 0 aliphatic heterocycles. The highest BCUT2D eigenvalue weighted by Gasteiger charge is 2.25. The molecule has 24 heavy (non-hydrogen) atoms. The summed E-state index contributed by atoms with van der Waals surface area (Å²) < 4.78 is 1.08. The van der Waals surface area contributed by atoms with Gasteiger partial charge in [0.05, 0.1) is 10.6 Å². The van der Waals surface area contributed by atoms with Gasteiger partial charge in [0.25, 0.3) is 5.56 Å². The number of aromatic hydroxyl groups is 1. The molecule has 0 bridgehead atoms. The largest absolute Gasteiger partial charge is 0.494 e. The topological polar surface area (TPSA) is 83.1 Å². The Labute approximate surface area is 144 Å². The normalized spacial score (nSPS) is 10.4. The van der Waals surface area contributed by atoms with E-state index < -0.39 is 17.2 Å². The summed E-state index contributed by atoms with van der Waals surface area (Å²) in [5.41, 5.74) is -0.411. The van der Waals surface area contributed by atoms with Gasteiger partial charge >= 0.3 is 0 Å². The zero-order chi connectivity index (χ0) is 17.9. The number of hydrogen-bond donors (Lipinski definition) is 1. The minimum absolute atomic E-state index is 0.0599. The third-order valence-electron chi connectivity index (χ3n) is 3.88. The lowest BCUT2D eigenvalue weighted by molar-refractivity contribution is 0.103. The average Bonchev–Trinajstić information content (AvgIpc) is 2.55. The lowest BCUT2D eigenvalue weighted by atomic mass is 9.97. The van der Waals surface area contributed by atoms with E-state index in [0.29, 0.717) is 6.42 Å². The van der Waals surface area contributed by atoms with Crippen LogP contribution < -0.4 is 5.56 Å². The Morgan fingerprint density at radius 3 is 2.62 bits per heavy atom. The summed E-state index contributed by atoms with van der Waals surface area (Å²) in [5.74, 6) is -0.938. The molecule has 124 valence electrons. The number of carbonyl (C=O) groups is 1. The zero-order valence-corrected chi connectivity index (χ0v) is 14.2. The second kappa shape index (κ2) is 7.33. The predicted octanol–water partition coefficient (Wildman–Crippen LogP) is 3.42. The minimum atomic E-state index is -0.586. The van der Waals surface area contributed by atoms with Crippen molar-refractivity contribution in [3.63, 3.8) is 0 Å². The van der Waals surface area contributed by atoms with Crippen molar-refractivity contribution in [2.75, 3.05) is 0 Å². The molecule has 1 heterocycles. The molecule has 0 saturated carbocycles. The summed E-state index contributed by atoms with van der Waals surface area (Å²) in [6.45, 7) is 3.66. The summed E-state index contributed by atoms with van der Waals surface area (Å²) in [7, 11) is 0. The monoisotopic (exact) mass is 344 g/mol. The number of unbranched alkanes of at least 4 members (excludes halogenated alkanes) is 1. The van der Waals surface area contributed by atoms with Crippen LogP contribution in [0.1, 0.15) is 46.8 Å². The molecule has 6 heteroatoms. The fourth-order valence-corrected chi connectivity index (χ4v) is 2.75. The maximum atomic E-state index is 12.8. The maximum absolute atomic E-state index is 12.8. The van der Waals surface area contributed by atoms with Crippen molar-refractivity contribution in [3.8, 4) is 11.9 Å². The number of aromatic nitrogens is 1. The van der Waals surface area contributed by atoms with Crippen LogP contribution in [0.5, 0.6) is 5.88 Å². The van der Waals surface area contributed by atoms with Gasteiger partial charge in [0.2, 0.25) is 5.88 Å². The van der Waals surface area contributed by atoms with Gasteiger partial charge in [-0.2, -0.15) is 5.26 Å². The van der Waals surface area contributed by atoms with E-state index in [4.69, 9.17) is 11.6 Å². The van der Waals surface area contributed by atoms with Gasteiger partial charge in [-0.3, -0.25) is 14.2 Å². The van der Waals surface area contributed by atoms with Crippen molar-refractivity contribution in [1.29, 1.82) is 5.26 Å². The summed E-state index contributed by atoms with van der Waals surface area (Å²) in [6.07, 6.45) is 1.44. The molecule has 0 spiro atoms. The van der Waals surface area contributed by atoms with Gasteiger partial charge in [-0.05, 0) is 31.0 Å². The van der Waals surface area contributed by atoms with Crippen LogP contribution >= 0.6 is 11.6 Å². The highest BCUT2D eigenvalue weighted by atomic mass is 35.5. The van der Waals surface area contributed by atoms with Crippen LogP contribution in [0.2, 0.25) is 5.02 Å². The van der Waals surface area contributed by atoms with Gasteiger partial charge in [0.1, 0.15) is 11.6 Å². The van der Waals surface area contributed by atoms with Crippen LogP contribution in [0.4, 0.5) is 0 Å². The van der Waals surface area contributed by atoms with Gasteiger partial charge in [-0.1, -0.05) is 37.1 Å². The Balaban J connectivity index is 2.74. The first-order valence-corrected chi connectivity index (χ1v) is 7.97. The number of halogens is 1. The van der Waals surface area contributed by atoms with Crippen molar-refractivity contribution in [3.05, 3.63) is 61.9 Å². The number of carbonyl (C=O) groups excluding carboxylic acids is 1. The Morgan fingerprint density at radius 1 is 1.38 bits per heavy atom. The van der Waals surface area contributed by atoms with E-state index in [2.05, 4.69) is 0 Å². The molecule has 0 saturated heterocycles. The van der Waals surface area contributed by atoms with E-state index >= 15 is 0 Å². The third-order valence-corrected chi connectivity index (χ3v) is 4.21. The maximum Gasteiger partial charge on any atom is 0.271 e. The van der Waals surface area contributed by atoms with E-state index in [1.54, 1.807) is 18.2 Å². The molecule has 0 atom stereocenters. The van der Waals surface area contributed by atoms with Crippen LogP contribution in [0.25, 0.3) is 0 Å². The zero-order valence-electron chi connectivity index (χ0n) is 13.5. The van der Waals surface area contributed by atoms with Crippen molar-refractivity contribution in [2.24, 2.45) is 0 Å². The number of hydrogen-bond acceptors (Lipinski definition) is 4. The number of nitrogens with zero attached hydrogens (tertiary/aromatic N) is 2. The lowest BCUT2D eigenvalue weighted by Crippen LogP contribution is -2.27. The number of nitriles is 1. The van der Waals surface area contributed by atoms with Crippen LogP contribution in [-0.4, -0.2) is 15.5 Å². The number of pyridine rings is 1. The van der Waals surface area contributed by atoms with E-state index in [1.165, 1.54) is 13.0 Å². The Bertz CT molecular complexity index is 894. The smallest absolute Gasteiger partial charge is 0.271 e. The molecule has 0 unspecified atom stereocenters. The highest BCUT2D eigenvalue weighted by Crippen LogP contribution is 2.27. The Hall–Kier alpha value is -2.58. The second-order valence-corrected chi connectivity index (χ2v) is 5.84. The number of benzene rings is 1. The summed E-state index contributed by atoms with van der Waals surface area (Å²) in [4.78, 5) is 25.2. The van der Waals surface area contributed by atoms with E-state index in [0.717, 1.165) is 11.0 Å². The SMILES string of the molecule is CCCCn1c(O)c(C(=O)c2ccccc2Cl)c(C)c(C#N)c1=O. The summed E-state index contributed by atoms with van der Waals surface area (Å²) in [5, 5.41) is 20.0. The number of ketones is 1. The standard InChI is InChI=1S/C18H17ClN2O3/c1-3-4-9-21-17(23)13(10-20)11(2)15(18(21)24)16(22)12-7-5-6-8-14(12)19/h5-8,24H,3-4,9H2,1-2H3. The van der Waals surface area contributed by atoms with Gasteiger partial charge in [-0.15, -0.1) is 0 Å². The molecule has 1 aromatic heterocycles. The van der Waals surface area contributed by atoms with Crippen molar-refractivity contribution in [2.45, 2.75) is 33.2 Å². The predicted molar refractivity (Wildman–Crippen MR) is 91.6 cm³/mol. The quantitative estimate of drug-likeness (QED) is 0.842. The third kappa shape index (κ3) is 3.06. The summed E-state index contributed by atoms with van der Waals surface area (Å²) >= 11 is 6.07. The van der Waals surface area contributed by atoms with E-state index in [1.807, 2.05) is 13.0 Å². The van der Waals surface area contributed by atoms with E-state index in [-0.39, 0.29) is 33.8 Å². The van der Waals surface area contributed by atoms with Gasteiger partial charge in [-0.25, -0.2) is 0 Å². The number of rotatable bonds is 5. The van der Waals surface area contributed by atoms with Gasteiger partial charge < -0.3 is 5.11 Å². The molecule has 1 N–H and O–H groups in total. The molecule has 5 nitrogen and oxygen atoms in total. The average molecular weight is 345 g/mol. The highest BCUT2D eigenvalue weighted by molar-refractivity contribution is 6.35. The van der Waals surface area contributed by atoms with Crippen LogP contribution in [0, 0.1) is 18.3 Å². The van der Waals surface area contributed by atoms with E-state index in [9.17, 15) is 20.0 Å². The fraction of sp³-hybridized carbons (Fsp3) is 0.278. The fourth-order valence-electron chi connectivity index (χ4n) is 2.53. The minimum Gasteiger partial charge on any atom is -0.494 e. The Kier molecular flexibility index (Phi) is 5.42. The first-order chi connectivity index (χ1) is 11.4. The Morgan fingerprint density at radius 2 is 2.04 bits per heavy atom. The van der Waals surface area contributed by atoms with Crippen molar-refractivity contribution >= 4 is 17.4 Å². The van der Waals surface area contributed by atoms with Crippen LogP contribution in [0.3, 0.4) is 0 Å². The second-order valence-electron chi connectivity index (χ2n) is 5.43. The summed E-state index contributed by atoms with van der Waals surface area (Å²) in [6, 6.07) is 8.29. The molecule has 2 aromatic rings. The van der Waals surface area contributed by atoms with Crippen LogP contribution in [-0.2, 0) is 6.54 Å². The van der Waals surface area contributed by atoms with Gasteiger partial charge in [0.15, 0.2) is 5.78 Å². The lowest BCUT2D eigenvalue weighted by Gasteiger charge is -2.15. The van der Waals surface area contributed by atoms with Crippen LogP contribution in [0.15, 0.2) is 29.1 Å². The molecular formula is C18H17ClN2O3. The molecule has 1 aromatic carbocycles. The van der Waals surface area contributed by atoms with Crippen molar-refractivity contribution < 1.29 is 9.90 Å². The molecule has 0 radical (unpaired) electrons. The molecule has 0 fully saturated rings. The van der Waals surface area contributed by atoms with Gasteiger partial charge in [0, 0.05) is 12.1 Å². The molecule has 0 amide bonds. The molecule has 0 aliphatic rings. The first-order valence-electron chi connectivity index (χ1n) is 7.59. The first kappa shape index (κ1) is 17.8.